The number of nitrogens with zero attached hydrogens (tertiary/aromatic N) is 2. The van der Waals surface area contributed by atoms with Gasteiger partial charge >= 0.3 is 0 Å². The minimum absolute atomic E-state index is 0. The molecule has 1 aliphatic rings. The normalized spacial score (nSPS) is 22.1. The van der Waals surface area contributed by atoms with E-state index >= 15 is 0 Å². The van der Waals surface area contributed by atoms with Crippen LogP contribution in [0.4, 0.5) is 0 Å². The number of hydrogen-bond donors (Lipinski definition) is 2. The van der Waals surface area contributed by atoms with Gasteiger partial charge in [-0.05, 0) is 39.3 Å². The first kappa shape index (κ1) is 21.7. The van der Waals surface area contributed by atoms with Crippen LogP contribution in [0.2, 0.25) is 0 Å². The van der Waals surface area contributed by atoms with E-state index in [4.69, 9.17) is 4.74 Å². The zero-order valence-corrected chi connectivity index (χ0v) is 18.3. The molecule has 1 fully saturated rings. The number of rotatable bonds is 6. The summed E-state index contributed by atoms with van der Waals surface area (Å²) in [6.45, 7) is 11.4. The number of halogens is 1. The molecule has 2 unspecified atom stereocenters. The summed E-state index contributed by atoms with van der Waals surface area (Å²) >= 11 is 1.82. The maximum absolute atomic E-state index is 5.77. The molecule has 2 atom stereocenters. The van der Waals surface area contributed by atoms with Gasteiger partial charge in [-0.25, -0.2) is 0 Å². The smallest absolute Gasteiger partial charge is 0.191 e. The average Bonchev–Trinajstić information content (AvgIpc) is 2.91. The maximum Gasteiger partial charge on any atom is 0.191 e. The zero-order valence-electron chi connectivity index (χ0n) is 15.2. The molecule has 1 aromatic heterocycles. The summed E-state index contributed by atoms with van der Waals surface area (Å²) in [4.78, 5) is 9.46. The van der Waals surface area contributed by atoms with Gasteiger partial charge in [0.1, 0.15) is 0 Å². The van der Waals surface area contributed by atoms with Crippen LogP contribution in [0.1, 0.15) is 30.0 Å². The van der Waals surface area contributed by atoms with Gasteiger partial charge in [0, 0.05) is 43.0 Å². The van der Waals surface area contributed by atoms with Gasteiger partial charge in [-0.2, -0.15) is 0 Å². The Morgan fingerprint density at radius 3 is 2.58 bits per heavy atom. The molecule has 1 aliphatic heterocycles. The van der Waals surface area contributed by atoms with Gasteiger partial charge in [-0.1, -0.05) is 0 Å². The number of guanidine groups is 1. The molecule has 5 nitrogen and oxygen atoms in total. The van der Waals surface area contributed by atoms with E-state index < -0.39 is 0 Å². The number of morpholine rings is 1. The lowest BCUT2D eigenvalue weighted by molar-refractivity contribution is -0.0679. The number of nitrogens with one attached hydrogen (secondary N) is 2. The lowest BCUT2D eigenvalue weighted by atomic mass is 10.2. The SMILES string of the molecule is CN=C(NCCCN1CC(C)OC(C)C1)NCc1ccc(C)s1.I. The van der Waals surface area contributed by atoms with E-state index in [0.29, 0.717) is 12.2 Å². The standard InChI is InChI=1S/C17H30N4OS.HI/c1-13-11-21(12-14(2)22-13)9-5-8-19-17(18-4)20-10-16-7-6-15(3)23-16;/h6-7,13-14H,5,8-12H2,1-4H3,(H2,18,19,20);1H. The maximum atomic E-state index is 5.77. The van der Waals surface area contributed by atoms with E-state index in [9.17, 15) is 0 Å². The first-order valence-electron chi connectivity index (χ1n) is 8.44. The lowest BCUT2D eigenvalue weighted by Gasteiger charge is -2.35. The molecule has 2 heterocycles. The predicted molar refractivity (Wildman–Crippen MR) is 114 cm³/mol. The number of aliphatic imine (C=N–C) groups is 1. The number of hydrogen-bond acceptors (Lipinski definition) is 4. The number of ether oxygens (including phenoxy) is 1. The summed E-state index contributed by atoms with van der Waals surface area (Å²) < 4.78 is 5.77. The summed E-state index contributed by atoms with van der Waals surface area (Å²) in [5.41, 5.74) is 0. The van der Waals surface area contributed by atoms with Crippen LogP contribution >= 0.6 is 35.3 Å². The topological polar surface area (TPSA) is 48.9 Å². The molecule has 2 rings (SSSR count). The van der Waals surface area contributed by atoms with Gasteiger partial charge in [0.25, 0.3) is 0 Å². The second-order valence-electron chi connectivity index (χ2n) is 6.24. The van der Waals surface area contributed by atoms with Crippen molar-refractivity contribution in [2.45, 2.75) is 45.9 Å². The van der Waals surface area contributed by atoms with Crippen molar-refractivity contribution in [1.29, 1.82) is 0 Å². The molecule has 0 radical (unpaired) electrons. The van der Waals surface area contributed by atoms with Crippen LogP contribution in [0.3, 0.4) is 0 Å². The highest BCUT2D eigenvalue weighted by atomic mass is 127. The van der Waals surface area contributed by atoms with Crippen molar-refractivity contribution in [2.24, 2.45) is 4.99 Å². The Bertz CT molecular complexity index is 499. The lowest BCUT2D eigenvalue weighted by Crippen LogP contribution is -2.46. The van der Waals surface area contributed by atoms with Crippen molar-refractivity contribution in [2.75, 3.05) is 33.2 Å². The van der Waals surface area contributed by atoms with Crippen LogP contribution < -0.4 is 10.6 Å². The molecule has 0 saturated carbocycles. The first-order valence-corrected chi connectivity index (χ1v) is 9.26. The van der Waals surface area contributed by atoms with E-state index in [1.54, 1.807) is 0 Å². The van der Waals surface area contributed by atoms with Gasteiger partial charge < -0.3 is 15.4 Å². The van der Waals surface area contributed by atoms with Crippen LogP contribution in [0, 0.1) is 6.92 Å². The predicted octanol–water partition coefficient (Wildman–Crippen LogP) is 2.84. The fraction of sp³-hybridized carbons (Fsp3) is 0.706. The van der Waals surface area contributed by atoms with Gasteiger partial charge in [0.2, 0.25) is 0 Å². The fourth-order valence-electron chi connectivity index (χ4n) is 2.95. The van der Waals surface area contributed by atoms with Crippen LogP contribution in [-0.2, 0) is 11.3 Å². The summed E-state index contributed by atoms with van der Waals surface area (Å²) in [6.07, 6.45) is 1.80. The molecule has 0 aliphatic carbocycles. The third kappa shape index (κ3) is 7.67. The Kier molecular flexibility index (Phi) is 10.2. The summed E-state index contributed by atoms with van der Waals surface area (Å²) in [5, 5.41) is 6.76. The van der Waals surface area contributed by atoms with E-state index in [-0.39, 0.29) is 24.0 Å². The minimum atomic E-state index is 0. The highest BCUT2D eigenvalue weighted by Gasteiger charge is 2.21. The molecule has 7 heteroatoms. The Morgan fingerprint density at radius 2 is 2.00 bits per heavy atom. The molecule has 0 amide bonds. The molecule has 24 heavy (non-hydrogen) atoms. The molecule has 1 aromatic rings. The van der Waals surface area contributed by atoms with E-state index in [2.05, 4.69) is 53.4 Å². The Balaban J connectivity index is 0.00000288. The number of aryl methyl sites for hydroxylation is 1. The Morgan fingerprint density at radius 1 is 1.29 bits per heavy atom. The molecule has 138 valence electrons. The molecule has 1 saturated heterocycles. The summed E-state index contributed by atoms with van der Waals surface area (Å²) in [7, 11) is 1.82. The van der Waals surface area contributed by atoms with Crippen LogP contribution in [0.15, 0.2) is 17.1 Å². The highest BCUT2D eigenvalue weighted by Crippen LogP contribution is 2.14. The molecular weight excluding hydrogens is 435 g/mol. The van der Waals surface area contributed by atoms with E-state index in [1.807, 2.05) is 18.4 Å². The van der Waals surface area contributed by atoms with E-state index in [0.717, 1.165) is 45.1 Å². The third-order valence-electron chi connectivity index (χ3n) is 3.89. The van der Waals surface area contributed by atoms with Crippen LogP contribution in [0.25, 0.3) is 0 Å². The Hall–Kier alpha value is -0.380. The van der Waals surface area contributed by atoms with Crippen LogP contribution in [0.5, 0.6) is 0 Å². The van der Waals surface area contributed by atoms with Crippen molar-refractivity contribution in [1.82, 2.24) is 15.5 Å². The molecule has 0 spiro atoms. The van der Waals surface area contributed by atoms with Gasteiger partial charge in [-0.3, -0.25) is 9.89 Å². The molecule has 2 N–H and O–H groups in total. The minimum Gasteiger partial charge on any atom is -0.373 e. The second-order valence-corrected chi connectivity index (χ2v) is 7.61. The van der Waals surface area contributed by atoms with Crippen LogP contribution in [-0.4, -0.2) is 56.3 Å². The van der Waals surface area contributed by atoms with Gasteiger partial charge in [-0.15, -0.1) is 35.3 Å². The van der Waals surface area contributed by atoms with Gasteiger partial charge in [0.05, 0.1) is 18.8 Å². The van der Waals surface area contributed by atoms with Crippen molar-refractivity contribution in [3.63, 3.8) is 0 Å². The van der Waals surface area contributed by atoms with Crippen molar-refractivity contribution < 1.29 is 4.74 Å². The summed E-state index contributed by atoms with van der Waals surface area (Å²) in [6, 6.07) is 4.32. The van der Waals surface area contributed by atoms with Crippen molar-refractivity contribution in [3.8, 4) is 0 Å². The van der Waals surface area contributed by atoms with Gasteiger partial charge in [0.15, 0.2) is 5.96 Å². The molecule has 0 bridgehead atoms. The Labute approximate surface area is 167 Å². The average molecular weight is 466 g/mol. The highest BCUT2D eigenvalue weighted by molar-refractivity contribution is 14.0. The zero-order chi connectivity index (χ0) is 16.7. The quantitative estimate of drug-likeness (QED) is 0.293. The third-order valence-corrected chi connectivity index (χ3v) is 4.89. The second kappa shape index (κ2) is 11.3. The molecular formula is C17H31IN4OS. The van der Waals surface area contributed by atoms with Crippen molar-refractivity contribution in [3.05, 3.63) is 21.9 Å². The fourth-order valence-corrected chi connectivity index (χ4v) is 3.78. The largest absolute Gasteiger partial charge is 0.373 e. The van der Waals surface area contributed by atoms with E-state index in [1.165, 1.54) is 9.75 Å². The number of thiophene rings is 1. The monoisotopic (exact) mass is 466 g/mol. The molecule has 0 aromatic carbocycles. The summed E-state index contributed by atoms with van der Waals surface area (Å²) in [5.74, 6) is 0.875. The first-order chi connectivity index (χ1) is 11.1. The van der Waals surface area contributed by atoms with Crippen molar-refractivity contribution >= 4 is 41.3 Å².